The van der Waals surface area contributed by atoms with Crippen molar-refractivity contribution in [2.75, 3.05) is 19.6 Å². The summed E-state index contributed by atoms with van der Waals surface area (Å²) in [6.45, 7) is 3.14. The second kappa shape index (κ2) is 10.7. The summed E-state index contributed by atoms with van der Waals surface area (Å²) in [5.41, 5.74) is 7.26. The van der Waals surface area contributed by atoms with Crippen molar-refractivity contribution in [3.63, 3.8) is 0 Å². The Morgan fingerprint density at radius 3 is 2.52 bits per heavy atom. The lowest BCUT2D eigenvalue weighted by Crippen LogP contribution is -2.36. The van der Waals surface area contributed by atoms with E-state index >= 15 is 0 Å². The summed E-state index contributed by atoms with van der Waals surface area (Å²) in [7, 11) is 0. The lowest BCUT2D eigenvalue weighted by molar-refractivity contribution is 0.0933. The molecule has 1 saturated heterocycles. The van der Waals surface area contributed by atoms with E-state index < -0.39 is 0 Å². The maximum atomic E-state index is 12.3. The molecule has 25 heavy (non-hydrogen) atoms. The van der Waals surface area contributed by atoms with Crippen molar-refractivity contribution in [3.05, 3.63) is 52.0 Å². The Hall–Kier alpha value is -1.18. The topological polar surface area (TPSA) is 71.2 Å². The fraction of sp³-hybridized carbons (Fsp3) is 0.412. The quantitative estimate of drug-likeness (QED) is 0.778. The van der Waals surface area contributed by atoms with Gasteiger partial charge in [-0.25, -0.2) is 4.98 Å². The monoisotopic (exact) mass is 402 g/mol. The lowest BCUT2D eigenvalue weighted by Gasteiger charge is -2.28. The molecule has 1 atom stereocenters. The van der Waals surface area contributed by atoms with Crippen molar-refractivity contribution in [1.82, 2.24) is 15.2 Å². The molecule has 1 aliphatic rings. The average Bonchev–Trinajstić information content (AvgIpc) is 3.27. The van der Waals surface area contributed by atoms with E-state index in [0.29, 0.717) is 18.8 Å². The minimum atomic E-state index is -0.124. The minimum Gasteiger partial charge on any atom is -0.349 e. The van der Waals surface area contributed by atoms with Gasteiger partial charge in [0.05, 0.1) is 6.04 Å². The summed E-state index contributed by atoms with van der Waals surface area (Å²) < 4.78 is 0. The maximum Gasteiger partial charge on any atom is 0.270 e. The van der Waals surface area contributed by atoms with Crippen LogP contribution in [0.4, 0.5) is 0 Å². The fourth-order valence-electron chi connectivity index (χ4n) is 2.98. The van der Waals surface area contributed by atoms with Crippen LogP contribution in [0.25, 0.3) is 0 Å². The molecule has 1 amide bonds. The van der Waals surface area contributed by atoms with E-state index in [0.717, 1.165) is 18.1 Å². The lowest BCUT2D eigenvalue weighted by atomic mass is 10.1. The van der Waals surface area contributed by atoms with E-state index in [1.54, 1.807) is 5.38 Å². The Bertz CT molecular complexity index is 647. The maximum absolute atomic E-state index is 12.3. The van der Waals surface area contributed by atoms with Gasteiger partial charge in [-0.2, -0.15) is 0 Å². The number of likely N-dealkylation sites (tertiary alicyclic amines) is 1. The Morgan fingerprint density at radius 2 is 1.92 bits per heavy atom. The van der Waals surface area contributed by atoms with E-state index in [1.807, 2.05) is 18.2 Å². The van der Waals surface area contributed by atoms with Crippen molar-refractivity contribution in [2.45, 2.75) is 25.4 Å². The zero-order valence-corrected chi connectivity index (χ0v) is 16.3. The number of thiazole rings is 1. The Morgan fingerprint density at radius 1 is 1.24 bits per heavy atom. The van der Waals surface area contributed by atoms with E-state index in [2.05, 4.69) is 27.3 Å². The van der Waals surface area contributed by atoms with Crippen LogP contribution in [0.3, 0.4) is 0 Å². The first-order valence-corrected chi connectivity index (χ1v) is 8.87. The standard InChI is InChI=1S/C17H22N4OS.2ClH/c18-10-16-20-14(12-23-16)17(22)19-11-15(21-8-4-5-9-21)13-6-2-1-3-7-13;;/h1-3,6-7,12,15H,4-5,8-11,18H2,(H,19,22);2*1H. The third kappa shape index (κ3) is 5.66. The van der Waals surface area contributed by atoms with Gasteiger partial charge in [-0.15, -0.1) is 36.2 Å². The van der Waals surface area contributed by atoms with Crippen molar-refractivity contribution >= 4 is 42.1 Å². The molecule has 0 spiro atoms. The van der Waals surface area contributed by atoms with Gasteiger partial charge in [0.25, 0.3) is 5.91 Å². The van der Waals surface area contributed by atoms with Crippen LogP contribution in [0.15, 0.2) is 35.7 Å². The zero-order chi connectivity index (χ0) is 16.1. The highest BCUT2D eigenvalue weighted by Gasteiger charge is 2.24. The predicted octanol–water partition coefficient (Wildman–Crippen LogP) is 3.01. The van der Waals surface area contributed by atoms with Crippen LogP contribution >= 0.6 is 36.2 Å². The smallest absolute Gasteiger partial charge is 0.270 e. The molecule has 1 aromatic heterocycles. The van der Waals surface area contributed by atoms with Gasteiger partial charge in [0.2, 0.25) is 0 Å². The molecule has 1 unspecified atom stereocenters. The fourth-order valence-corrected chi connectivity index (χ4v) is 3.63. The van der Waals surface area contributed by atoms with Gasteiger partial charge in [-0.05, 0) is 31.5 Å². The average molecular weight is 403 g/mol. The van der Waals surface area contributed by atoms with Gasteiger partial charge in [-0.1, -0.05) is 30.3 Å². The normalized spacial score (nSPS) is 15.1. The molecular weight excluding hydrogens is 379 g/mol. The Balaban J connectivity index is 0.00000156. The van der Waals surface area contributed by atoms with Gasteiger partial charge in [0.1, 0.15) is 10.7 Å². The highest BCUT2D eigenvalue weighted by molar-refractivity contribution is 7.09. The number of rotatable bonds is 6. The number of carbonyl (C=O) groups is 1. The number of nitrogens with two attached hydrogens (primary N) is 1. The Kier molecular flexibility index (Phi) is 9.38. The number of hydrogen-bond donors (Lipinski definition) is 2. The summed E-state index contributed by atoms with van der Waals surface area (Å²) in [4.78, 5) is 19.0. The first kappa shape index (κ1) is 21.9. The van der Waals surface area contributed by atoms with Crippen LogP contribution in [0.1, 0.15) is 39.9 Å². The van der Waals surface area contributed by atoms with E-state index in [9.17, 15) is 4.79 Å². The zero-order valence-electron chi connectivity index (χ0n) is 13.9. The van der Waals surface area contributed by atoms with Gasteiger partial charge in [-0.3, -0.25) is 9.69 Å². The first-order chi connectivity index (χ1) is 11.3. The summed E-state index contributed by atoms with van der Waals surface area (Å²) in [6.07, 6.45) is 2.45. The highest BCUT2D eigenvalue weighted by Crippen LogP contribution is 2.24. The summed E-state index contributed by atoms with van der Waals surface area (Å²) in [5, 5.41) is 5.59. The molecule has 0 radical (unpaired) electrons. The SMILES string of the molecule is Cl.Cl.NCc1nc(C(=O)NCC(c2ccccc2)N2CCCC2)cs1. The molecular formula is C17H24Cl2N4OS. The number of benzene rings is 1. The molecule has 0 aliphatic carbocycles. The van der Waals surface area contributed by atoms with Gasteiger partial charge in [0, 0.05) is 18.5 Å². The minimum absolute atomic E-state index is 0. The molecule has 0 saturated carbocycles. The molecule has 8 heteroatoms. The first-order valence-electron chi connectivity index (χ1n) is 7.99. The molecule has 1 fully saturated rings. The van der Waals surface area contributed by atoms with Gasteiger partial charge in [0.15, 0.2) is 0 Å². The number of nitrogens with one attached hydrogen (secondary N) is 1. The number of carbonyl (C=O) groups excluding carboxylic acids is 1. The number of aromatic nitrogens is 1. The Labute approximate surface area is 164 Å². The number of hydrogen-bond acceptors (Lipinski definition) is 5. The number of nitrogens with zero attached hydrogens (tertiary/aromatic N) is 2. The summed E-state index contributed by atoms with van der Waals surface area (Å²) >= 11 is 1.43. The van der Waals surface area contributed by atoms with Gasteiger partial charge < -0.3 is 11.1 Å². The molecule has 1 aliphatic heterocycles. The van der Waals surface area contributed by atoms with Crippen molar-refractivity contribution < 1.29 is 4.79 Å². The van der Waals surface area contributed by atoms with Crippen LogP contribution in [0.5, 0.6) is 0 Å². The second-order valence-corrected chi connectivity index (χ2v) is 6.65. The molecule has 1 aromatic carbocycles. The van der Waals surface area contributed by atoms with E-state index in [1.165, 1.54) is 29.7 Å². The van der Waals surface area contributed by atoms with Gasteiger partial charge >= 0.3 is 0 Å². The summed E-state index contributed by atoms with van der Waals surface area (Å²) in [6, 6.07) is 10.6. The second-order valence-electron chi connectivity index (χ2n) is 5.71. The third-order valence-electron chi connectivity index (χ3n) is 4.18. The highest BCUT2D eigenvalue weighted by atomic mass is 35.5. The van der Waals surface area contributed by atoms with E-state index in [-0.39, 0.29) is 36.8 Å². The van der Waals surface area contributed by atoms with Crippen molar-refractivity contribution in [2.24, 2.45) is 5.73 Å². The molecule has 2 heterocycles. The van der Waals surface area contributed by atoms with Crippen LogP contribution in [0.2, 0.25) is 0 Å². The largest absolute Gasteiger partial charge is 0.349 e. The van der Waals surface area contributed by atoms with Crippen molar-refractivity contribution in [3.8, 4) is 0 Å². The van der Waals surface area contributed by atoms with Crippen LogP contribution in [-0.4, -0.2) is 35.4 Å². The molecule has 3 rings (SSSR count). The third-order valence-corrected chi connectivity index (χ3v) is 5.05. The summed E-state index contributed by atoms with van der Waals surface area (Å²) in [5.74, 6) is -0.124. The number of amides is 1. The number of halogens is 2. The molecule has 138 valence electrons. The van der Waals surface area contributed by atoms with Crippen LogP contribution in [-0.2, 0) is 6.54 Å². The van der Waals surface area contributed by atoms with E-state index in [4.69, 9.17) is 5.73 Å². The molecule has 2 aromatic rings. The predicted molar refractivity (Wildman–Crippen MR) is 107 cm³/mol. The van der Waals surface area contributed by atoms with Crippen LogP contribution in [0, 0.1) is 0 Å². The molecule has 3 N–H and O–H groups in total. The van der Waals surface area contributed by atoms with Crippen LogP contribution < -0.4 is 11.1 Å². The molecule has 5 nitrogen and oxygen atoms in total. The van der Waals surface area contributed by atoms with Crippen molar-refractivity contribution in [1.29, 1.82) is 0 Å². The molecule has 0 bridgehead atoms.